The monoisotopic (exact) mass is 342 g/mol. The molecule has 1 aliphatic heterocycles. The first-order valence-corrected chi connectivity index (χ1v) is 8.37. The van der Waals surface area contributed by atoms with Crippen LogP contribution in [-0.4, -0.2) is 36.5 Å². The molecule has 0 radical (unpaired) electrons. The summed E-state index contributed by atoms with van der Waals surface area (Å²) in [7, 11) is 0. The lowest BCUT2D eigenvalue weighted by Gasteiger charge is -2.35. The molecule has 2 rings (SSSR count). The van der Waals surface area contributed by atoms with Crippen LogP contribution in [0.2, 0.25) is 0 Å². The molecule has 1 fully saturated rings. The molecule has 1 amide bonds. The molecule has 130 valence electrons. The van der Waals surface area contributed by atoms with E-state index in [-0.39, 0.29) is 30.0 Å². The summed E-state index contributed by atoms with van der Waals surface area (Å²) in [5.74, 6) is 0.00958. The third-order valence-electron chi connectivity index (χ3n) is 4.43. The van der Waals surface area contributed by atoms with E-state index in [0.717, 1.165) is 44.5 Å². The van der Waals surface area contributed by atoms with Crippen molar-refractivity contribution in [1.29, 1.82) is 0 Å². The van der Waals surface area contributed by atoms with Crippen molar-refractivity contribution in [3.8, 4) is 0 Å². The Morgan fingerprint density at radius 3 is 2.70 bits per heavy atom. The van der Waals surface area contributed by atoms with Crippen molar-refractivity contribution in [2.75, 3.05) is 19.6 Å². The molecule has 1 aromatic rings. The molecule has 1 saturated heterocycles. The van der Waals surface area contributed by atoms with Gasteiger partial charge in [-0.15, -0.1) is 12.4 Å². The van der Waals surface area contributed by atoms with Gasteiger partial charge in [0, 0.05) is 19.0 Å². The summed E-state index contributed by atoms with van der Waals surface area (Å²) >= 11 is 0. The number of rotatable bonds is 6. The molecular weight excluding hydrogens is 315 g/mol. The van der Waals surface area contributed by atoms with E-state index in [0.29, 0.717) is 12.5 Å². The molecule has 0 aromatic heterocycles. The Morgan fingerprint density at radius 1 is 1.39 bits per heavy atom. The number of nitrogens with zero attached hydrogens (tertiary/aromatic N) is 1. The molecule has 0 saturated carbocycles. The minimum atomic E-state index is -0.236. The summed E-state index contributed by atoms with van der Waals surface area (Å²) in [5, 5.41) is 3.34. The smallest absolute Gasteiger partial charge is 0.223 e. The highest BCUT2D eigenvalue weighted by Gasteiger charge is 2.25. The summed E-state index contributed by atoms with van der Waals surface area (Å²) in [5.41, 5.74) is 0.898. The van der Waals surface area contributed by atoms with E-state index < -0.39 is 0 Å². The zero-order valence-electron chi connectivity index (χ0n) is 14.1. The van der Waals surface area contributed by atoms with Crippen molar-refractivity contribution < 1.29 is 9.18 Å². The van der Waals surface area contributed by atoms with Crippen molar-refractivity contribution >= 4 is 18.3 Å². The van der Waals surface area contributed by atoms with Gasteiger partial charge in [-0.25, -0.2) is 4.39 Å². The van der Waals surface area contributed by atoms with Crippen LogP contribution in [-0.2, 0) is 4.79 Å². The quantitative estimate of drug-likeness (QED) is 0.854. The van der Waals surface area contributed by atoms with Gasteiger partial charge < -0.3 is 10.2 Å². The van der Waals surface area contributed by atoms with E-state index in [4.69, 9.17) is 0 Å². The Balaban J connectivity index is 0.00000264. The lowest BCUT2D eigenvalue weighted by molar-refractivity contribution is -0.134. The van der Waals surface area contributed by atoms with Gasteiger partial charge in [-0.05, 0) is 56.0 Å². The fraction of sp³-hybridized carbons (Fsp3) is 0.611. The Hall–Kier alpha value is -1.13. The zero-order valence-corrected chi connectivity index (χ0v) is 14.9. The molecule has 0 aliphatic carbocycles. The number of benzene rings is 1. The van der Waals surface area contributed by atoms with Crippen LogP contribution in [0.1, 0.15) is 51.0 Å². The normalized spacial score (nSPS) is 16.5. The first-order valence-electron chi connectivity index (χ1n) is 8.37. The topological polar surface area (TPSA) is 32.3 Å². The van der Waals surface area contributed by atoms with Crippen molar-refractivity contribution in [1.82, 2.24) is 10.2 Å². The Bertz CT molecular complexity index is 492. The molecule has 1 N–H and O–H groups in total. The van der Waals surface area contributed by atoms with Crippen LogP contribution in [0.25, 0.3) is 0 Å². The largest absolute Gasteiger partial charge is 0.340 e. The number of carbonyl (C=O) groups is 1. The third kappa shape index (κ3) is 5.78. The summed E-state index contributed by atoms with van der Waals surface area (Å²) < 4.78 is 13.3. The van der Waals surface area contributed by atoms with Gasteiger partial charge in [0.25, 0.3) is 0 Å². The van der Waals surface area contributed by atoms with Crippen molar-refractivity contribution in [2.45, 2.75) is 51.5 Å². The highest BCUT2D eigenvalue weighted by molar-refractivity contribution is 5.85. The summed E-state index contributed by atoms with van der Waals surface area (Å²) in [6.45, 7) is 6.89. The number of carbonyl (C=O) groups excluding carboxylic acids is 1. The number of hydrogen-bond donors (Lipinski definition) is 1. The number of halogens is 2. The summed E-state index contributed by atoms with van der Waals surface area (Å²) in [6, 6.07) is 6.94. The van der Waals surface area contributed by atoms with Gasteiger partial charge in [-0.2, -0.15) is 0 Å². The maximum Gasteiger partial charge on any atom is 0.223 e. The molecule has 5 heteroatoms. The average molecular weight is 343 g/mol. The molecule has 1 aromatic carbocycles. The minimum absolute atomic E-state index is 0. The number of amides is 1. The van der Waals surface area contributed by atoms with E-state index in [1.54, 1.807) is 6.07 Å². The van der Waals surface area contributed by atoms with Gasteiger partial charge in [0.05, 0.1) is 0 Å². The van der Waals surface area contributed by atoms with Crippen LogP contribution in [0.4, 0.5) is 4.39 Å². The van der Waals surface area contributed by atoms with Gasteiger partial charge in [0.1, 0.15) is 5.82 Å². The lowest BCUT2D eigenvalue weighted by atomic mass is 9.96. The van der Waals surface area contributed by atoms with Crippen LogP contribution < -0.4 is 5.32 Å². The van der Waals surface area contributed by atoms with Gasteiger partial charge in [-0.1, -0.05) is 26.0 Å². The molecule has 0 spiro atoms. The predicted molar refractivity (Wildman–Crippen MR) is 94.6 cm³/mol. The SMILES string of the molecule is CCCN(C(=O)CC(C)c1cccc(F)c1)C1CCNCC1.Cl. The summed E-state index contributed by atoms with van der Waals surface area (Å²) in [4.78, 5) is 14.8. The van der Waals surface area contributed by atoms with Crippen molar-refractivity contribution in [3.63, 3.8) is 0 Å². The fourth-order valence-electron chi connectivity index (χ4n) is 3.18. The fourth-order valence-corrected chi connectivity index (χ4v) is 3.18. The van der Waals surface area contributed by atoms with E-state index in [9.17, 15) is 9.18 Å². The standard InChI is InChI=1S/C18H27FN2O.ClH/c1-3-11-21(17-7-9-20-10-8-17)18(22)12-14(2)15-5-4-6-16(19)13-15;/h4-6,13-14,17,20H,3,7-12H2,1-2H3;1H. The molecule has 1 unspecified atom stereocenters. The van der Waals surface area contributed by atoms with Crippen molar-refractivity contribution in [2.24, 2.45) is 0 Å². The molecule has 1 heterocycles. The molecule has 1 aliphatic rings. The van der Waals surface area contributed by atoms with Crippen molar-refractivity contribution in [3.05, 3.63) is 35.6 Å². The highest BCUT2D eigenvalue weighted by atomic mass is 35.5. The molecular formula is C18H28ClFN2O. The molecule has 0 bridgehead atoms. The second-order valence-corrected chi connectivity index (χ2v) is 6.23. The Labute approximate surface area is 145 Å². The highest BCUT2D eigenvalue weighted by Crippen LogP contribution is 2.23. The van der Waals surface area contributed by atoms with Crippen LogP contribution in [0.3, 0.4) is 0 Å². The van der Waals surface area contributed by atoms with E-state index >= 15 is 0 Å². The van der Waals surface area contributed by atoms with Crippen LogP contribution in [0.5, 0.6) is 0 Å². The van der Waals surface area contributed by atoms with E-state index in [1.807, 2.05) is 13.0 Å². The predicted octanol–water partition coefficient (Wildman–Crippen LogP) is 3.73. The van der Waals surface area contributed by atoms with Crippen LogP contribution in [0, 0.1) is 5.82 Å². The number of piperidine rings is 1. The second kappa shape index (κ2) is 9.89. The Kier molecular flexibility index (Phi) is 8.56. The van der Waals surface area contributed by atoms with Gasteiger partial charge in [0.15, 0.2) is 0 Å². The van der Waals surface area contributed by atoms with Crippen LogP contribution in [0.15, 0.2) is 24.3 Å². The summed E-state index contributed by atoms with van der Waals surface area (Å²) in [6.07, 6.45) is 3.48. The van der Waals surface area contributed by atoms with E-state index in [2.05, 4.69) is 17.1 Å². The lowest BCUT2D eigenvalue weighted by Crippen LogP contribution is -2.46. The molecule has 23 heavy (non-hydrogen) atoms. The first-order chi connectivity index (χ1) is 10.6. The number of nitrogens with one attached hydrogen (secondary N) is 1. The van der Waals surface area contributed by atoms with Gasteiger partial charge in [-0.3, -0.25) is 4.79 Å². The van der Waals surface area contributed by atoms with Gasteiger partial charge >= 0.3 is 0 Å². The zero-order chi connectivity index (χ0) is 15.9. The minimum Gasteiger partial charge on any atom is -0.340 e. The van der Waals surface area contributed by atoms with Crippen LogP contribution >= 0.6 is 12.4 Å². The Morgan fingerprint density at radius 2 is 2.09 bits per heavy atom. The molecule has 1 atom stereocenters. The number of hydrogen-bond acceptors (Lipinski definition) is 2. The first kappa shape index (κ1) is 19.9. The molecule has 3 nitrogen and oxygen atoms in total. The average Bonchev–Trinajstić information content (AvgIpc) is 2.53. The maximum absolute atomic E-state index is 13.3. The van der Waals surface area contributed by atoms with Gasteiger partial charge in [0.2, 0.25) is 5.91 Å². The van der Waals surface area contributed by atoms with E-state index in [1.165, 1.54) is 12.1 Å². The third-order valence-corrected chi connectivity index (χ3v) is 4.43. The second-order valence-electron chi connectivity index (χ2n) is 6.23. The maximum atomic E-state index is 13.3.